The number of aliphatic hydroxyl groups excluding tert-OH is 1. The minimum absolute atomic E-state index is 0.00705. The van der Waals surface area contributed by atoms with Crippen LogP contribution in [0.15, 0.2) is 61.2 Å². The van der Waals surface area contributed by atoms with Gasteiger partial charge >= 0.3 is 6.09 Å². The van der Waals surface area contributed by atoms with E-state index in [2.05, 4.69) is 27.8 Å². The van der Waals surface area contributed by atoms with E-state index in [4.69, 9.17) is 19.9 Å². The van der Waals surface area contributed by atoms with Gasteiger partial charge in [-0.1, -0.05) is 118 Å². The molecule has 0 saturated carbocycles. The zero-order valence-electron chi connectivity index (χ0n) is 50.6. The van der Waals surface area contributed by atoms with Crippen LogP contribution in [0.1, 0.15) is 125 Å². The summed E-state index contributed by atoms with van der Waals surface area (Å²) in [6.45, 7) is 24.7. The molecule has 3 rings (SSSR count). The predicted molar refractivity (Wildman–Crippen MR) is 310 cm³/mol. The number of likely N-dealkylation sites (N-methyl/N-ethyl adjacent to an activating group) is 2. The maximum Gasteiger partial charge on any atom is 0.410 e. The fourth-order valence-electron chi connectivity index (χ4n) is 10.5. The van der Waals surface area contributed by atoms with Gasteiger partial charge in [0.25, 0.3) is 0 Å². The van der Waals surface area contributed by atoms with Crippen LogP contribution in [-0.2, 0) is 56.1 Å². The van der Waals surface area contributed by atoms with Crippen molar-refractivity contribution in [1.29, 1.82) is 0 Å². The van der Waals surface area contributed by atoms with Gasteiger partial charge in [-0.05, 0) is 86.2 Å². The van der Waals surface area contributed by atoms with Crippen LogP contribution in [0.3, 0.4) is 0 Å². The van der Waals surface area contributed by atoms with E-state index in [9.17, 15) is 38.7 Å². The molecule has 0 spiro atoms. The van der Waals surface area contributed by atoms with Gasteiger partial charge in [0.2, 0.25) is 35.4 Å². The van der Waals surface area contributed by atoms with Crippen LogP contribution in [-0.4, -0.2) is 169 Å². The molecule has 1 heterocycles. The number of carbonyl (C=O) groups excluding carboxylic acids is 7. The summed E-state index contributed by atoms with van der Waals surface area (Å²) >= 11 is 0. The summed E-state index contributed by atoms with van der Waals surface area (Å²) < 4.78 is 17.4. The molecule has 7 amide bonds. The number of benzene rings is 2. The van der Waals surface area contributed by atoms with Crippen molar-refractivity contribution in [3.05, 3.63) is 77.9 Å². The molecule has 0 radical (unpaired) electrons. The zero-order valence-corrected chi connectivity index (χ0v) is 50.6. The summed E-state index contributed by atoms with van der Waals surface area (Å²) in [5.74, 6) is -3.66. The van der Waals surface area contributed by atoms with Crippen molar-refractivity contribution in [3.63, 3.8) is 0 Å². The third-order valence-corrected chi connectivity index (χ3v) is 15.6. The van der Waals surface area contributed by atoms with E-state index >= 15 is 0 Å². The van der Waals surface area contributed by atoms with Crippen LogP contribution in [0.5, 0.6) is 0 Å². The fourth-order valence-corrected chi connectivity index (χ4v) is 10.5. The molecule has 0 aromatic heterocycles. The highest BCUT2D eigenvalue weighted by molar-refractivity contribution is 5.97. The number of amides is 7. The summed E-state index contributed by atoms with van der Waals surface area (Å²) in [5, 5.41) is 22.5. The van der Waals surface area contributed by atoms with Crippen LogP contribution in [0.4, 0.5) is 10.5 Å². The largest absolute Gasteiger partial charge is 0.445 e. The Labute approximate surface area is 476 Å². The van der Waals surface area contributed by atoms with Gasteiger partial charge < -0.3 is 61.0 Å². The van der Waals surface area contributed by atoms with E-state index in [0.29, 0.717) is 42.6 Å². The summed E-state index contributed by atoms with van der Waals surface area (Å²) in [5.41, 5.74) is 8.49. The number of nitrogens with zero attached hydrogens (tertiary/aromatic N) is 4. The Morgan fingerprint density at radius 3 is 2.01 bits per heavy atom. The van der Waals surface area contributed by atoms with Crippen LogP contribution in [0, 0.1) is 29.6 Å². The monoisotopic (exact) mass is 1120 g/mol. The van der Waals surface area contributed by atoms with Gasteiger partial charge in [0.15, 0.2) is 0 Å². The lowest BCUT2D eigenvalue weighted by Gasteiger charge is -2.41. The molecule has 80 heavy (non-hydrogen) atoms. The van der Waals surface area contributed by atoms with Crippen molar-refractivity contribution in [3.8, 4) is 0 Å². The fraction of sp³-hybridized carbons (Fsp3) is 0.650. The number of ether oxygens (including phenoxy) is 3. The molecule has 3 unspecified atom stereocenters. The zero-order chi connectivity index (χ0) is 60.3. The highest BCUT2D eigenvalue weighted by Crippen LogP contribution is 2.31. The average Bonchev–Trinajstić information content (AvgIpc) is 3.91. The number of hydrogen-bond donors (Lipinski definition) is 6. The Morgan fingerprint density at radius 2 is 1.45 bits per heavy atom. The van der Waals surface area contributed by atoms with Crippen LogP contribution < -0.4 is 27.0 Å². The second-order valence-corrected chi connectivity index (χ2v) is 22.8. The molecule has 7 N–H and O–H groups in total. The quantitative estimate of drug-likeness (QED) is 0.0502. The topological polar surface area (TPSA) is 255 Å². The number of nitrogens with one attached hydrogen (secondary N) is 4. The van der Waals surface area contributed by atoms with Crippen molar-refractivity contribution in [2.75, 3.05) is 53.8 Å². The number of carbonyl (C=O) groups is 7. The van der Waals surface area contributed by atoms with E-state index in [1.807, 2.05) is 85.5 Å². The first-order chi connectivity index (χ1) is 37.6. The molecule has 20 nitrogen and oxygen atoms in total. The second-order valence-electron chi connectivity index (χ2n) is 22.8. The predicted octanol–water partition coefficient (Wildman–Crippen LogP) is 5.62. The van der Waals surface area contributed by atoms with Gasteiger partial charge in [-0.15, -0.1) is 0 Å². The van der Waals surface area contributed by atoms with Crippen LogP contribution in [0.2, 0.25) is 0 Å². The number of nitrogens with two attached hydrogens (primary N) is 1. The van der Waals surface area contributed by atoms with Gasteiger partial charge in [-0.25, -0.2) is 4.79 Å². The number of hydrogen-bond acceptors (Lipinski definition) is 13. The van der Waals surface area contributed by atoms with Crippen LogP contribution in [0.25, 0.3) is 0 Å². The maximum absolute atomic E-state index is 14.9. The van der Waals surface area contributed by atoms with E-state index in [1.165, 1.54) is 25.2 Å². The maximum atomic E-state index is 14.9. The molecule has 1 aliphatic rings. The summed E-state index contributed by atoms with van der Waals surface area (Å²) in [6, 6.07) is 9.39. The average molecular weight is 1120 g/mol. The first kappa shape index (κ1) is 68.3. The first-order valence-electron chi connectivity index (χ1n) is 28.3. The van der Waals surface area contributed by atoms with Crippen molar-refractivity contribution in [2.24, 2.45) is 35.3 Å². The lowest BCUT2D eigenvalue weighted by Crippen LogP contribution is -2.60. The molecule has 2 aromatic rings. The molecule has 2 aromatic carbocycles. The van der Waals surface area contributed by atoms with E-state index in [1.54, 1.807) is 75.0 Å². The van der Waals surface area contributed by atoms with E-state index < -0.39 is 84.4 Å². The van der Waals surface area contributed by atoms with Crippen molar-refractivity contribution in [2.45, 2.75) is 176 Å². The number of likely N-dealkylation sites (tertiary alicyclic amines) is 1. The summed E-state index contributed by atoms with van der Waals surface area (Å²) in [7, 11) is 8.14. The third-order valence-electron chi connectivity index (χ3n) is 15.6. The van der Waals surface area contributed by atoms with Gasteiger partial charge in [0.1, 0.15) is 18.7 Å². The Hall–Kier alpha value is -5.93. The first-order valence-corrected chi connectivity index (χ1v) is 28.3. The smallest absolute Gasteiger partial charge is 0.410 e. The molecular formula is C60H97N9O11. The summed E-state index contributed by atoms with van der Waals surface area (Å²) in [6.07, 6.45) is 0.494. The number of rotatable bonds is 31. The minimum Gasteiger partial charge on any atom is -0.445 e. The normalized spacial score (nSPS) is 17.7. The van der Waals surface area contributed by atoms with Gasteiger partial charge in [-0.2, -0.15) is 0 Å². The third kappa shape index (κ3) is 18.8. The van der Waals surface area contributed by atoms with E-state index in [-0.39, 0.29) is 73.4 Å². The Morgan fingerprint density at radius 1 is 0.800 bits per heavy atom. The van der Waals surface area contributed by atoms with Crippen molar-refractivity contribution >= 4 is 47.2 Å². The standard InChI is InChI=1S/C60H97N9O11/c1-18-30-80-60(77)67(14)34-44-31-45(64-56(73)41(12)63-57(74)49(61)35(3)4)28-27-43(44)33-66(13)51(37(7)8)58(75)65-50(36(5)6)59(76)68(15)52(38(9)19-2)47(78-16)32-48(70)69-29-23-26-46(69)54(79-17)39(10)55(72)62-40(11)53(71)42-24-21-20-22-25-42/h18,20-22,24-25,27-28,31,35-41,46-47,49-54,71H,1,19,23,26,29-30,32-34,61H2,2-17H3,(H,62,72)(H,63,74)(H,64,73)(H,65,75)/t38-,39+,40+,41-,46-,47+,49-,50?,51?,52?,53+,54+/m0/s1. The van der Waals surface area contributed by atoms with Gasteiger partial charge in [-0.3, -0.25) is 33.7 Å². The second kappa shape index (κ2) is 32.5. The van der Waals surface area contributed by atoms with Gasteiger partial charge in [0.05, 0.1) is 60.9 Å². The van der Waals surface area contributed by atoms with E-state index in [0.717, 1.165) is 5.56 Å². The highest BCUT2D eigenvalue weighted by Gasteiger charge is 2.44. The van der Waals surface area contributed by atoms with Gasteiger partial charge in [0, 0.05) is 53.6 Å². The molecule has 1 fully saturated rings. The minimum atomic E-state index is -0.960. The molecule has 0 bridgehead atoms. The van der Waals surface area contributed by atoms with Crippen LogP contribution >= 0.6 is 0 Å². The molecule has 12 atom stereocenters. The van der Waals surface area contributed by atoms with Crippen molar-refractivity contribution < 1.29 is 52.9 Å². The lowest BCUT2D eigenvalue weighted by atomic mass is 9.89. The Balaban J connectivity index is 1.86. The molecular weight excluding hydrogens is 1020 g/mol. The Bertz CT molecular complexity index is 2350. The number of methoxy groups -OCH3 is 2. The molecule has 1 aliphatic heterocycles. The number of aliphatic hydroxyl groups is 1. The van der Waals surface area contributed by atoms with Crippen molar-refractivity contribution in [1.82, 2.24) is 35.6 Å². The number of anilines is 1. The SMILES string of the molecule is C=CCOC(=O)N(C)Cc1cc(NC(=O)[C@H](C)NC(=O)[C@@H](N)C(C)C)ccc1CN(C)C(C(=O)NC(C(=O)N(C)C([C@@H](C)CC)[C@@H](CC(=O)N1CCC[C@H]1[C@H](OC)[C@@H](C)C(=O)N[C@H](C)[C@@H](O)c1ccccc1)OC)C(C)C)C(C)C. The molecule has 0 aliphatic carbocycles. The highest BCUT2D eigenvalue weighted by atomic mass is 16.6. The molecule has 20 heteroatoms. The molecule has 1 saturated heterocycles. The Kier molecular flexibility index (Phi) is 27.8. The molecule has 448 valence electrons. The summed E-state index contributed by atoms with van der Waals surface area (Å²) in [4.78, 5) is 103. The lowest BCUT2D eigenvalue weighted by molar-refractivity contribution is -0.148.